The van der Waals surface area contributed by atoms with E-state index in [1.54, 1.807) is 0 Å². The molecule has 8 heteroatoms. The number of rotatable bonds is 8. The van der Waals surface area contributed by atoms with Crippen molar-refractivity contribution in [1.82, 2.24) is 0 Å². The lowest BCUT2D eigenvalue weighted by atomic mass is 9.96. The number of hydrogen-bond donors (Lipinski definition) is 0. The monoisotopic (exact) mass is 1300 g/mol. The summed E-state index contributed by atoms with van der Waals surface area (Å²) in [4.78, 5) is 0. The molecule has 0 saturated carbocycles. The Morgan fingerprint density at radius 2 is 0.541 bits per heavy atom. The summed E-state index contributed by atoms with van der Waals surface area (Å²) in [5.41, 5.74) is 43.8. The van der Waals surface area contributed by atoms with Crippen molar-refractivity contribution in [2.75, 3.05) is 0 Å². The van der Waals surface area contributed by atoms with Crippen molar-refractivity contribution >= 4 is 0 Å². The van der Waals surface area contributed by atoms with Crippen molar-refractivity contribution in [3.8, 4) is 90.6 Å². The van der Waals surface area contributed by atoms with Gasteiger partial charge in [0.25, 0.3) is 45.6 Å². The number of hydrogen-bond acceptors (Lipinski definition) is 0. The molecule has 0 atom stereocenters. The van der Waals surface area contributed by atoms with E-state index >= 15 is 0 Å². The van der Waals surface area contributed by atoms with Crippen LogP contribution in [0.3, 0.4) is 0 Å². The lowest BCUT2D eigenvalue weighted by Gasteiger charge is -2.13. The zero-order chi connectivity index (χ0) is 71.5. The predicted octanol–water partition coefficient (Wildman–Crippen LogP) is 16.2. The molecule has 0 radical (unpaired) electrons. The van der Waals surface area contributed by atoms with Gasteiger partial charge < -0.3 is 0 Å². The minimum atomic E-state index is 1.21. The number of nitrogens with zero attached hydrogens (tertiary/aromatic N) is 8. The second-order valence-electron chi connectivity index (χ2n) is 28.1. The maximum atomic E-state index is 2.37. The molecule has 8 heterocycles. The number of aromatic nitrogens is 8. The molecule has 8 aromatic heterocycles. The molecule has 12 rings (SSSR count). The first-order valence-electron chi connectivity index (χ1n) is 34.5. The average molecular weight is 1300 g/mol. The van der Waals surface area contributed by atoms with Crippen LogP contribution in [0.4, 0.5) is 0 Å². The summed E-state index contributed by atoms with van der Waals surface area (Å²) < 4.78 is 18.1. The average Bonchev–Trinajstić information content (AvgIpc) is 0.778. The quantitative estimate of drug-likeness (QED) is 0.136. The second-order valence-corrected chi connectivity index (χ2v) is 28.1. The minimum absolute atomic E-state index is 1.21. The van der Waals surface area contributed by atoms with E-state index in [2.05, 4.69) is 400 Å². The lowest BCUT2D eigenvalue weighted by molar-refractivity contribution is -0.685. The van der Waals surface area contributed by atoms with Gasteiger partial charge >= 0.3 is 0 Å². The van der Waals surface area contributed by atoms with Gasteiger partial charge in [-0.15, -0.1) is 0 Å². The maximum Gasteiger partial charge on any atom is 0.280 e. The Morgan fingerprint density at radius 3 is 1.02 bits per heavy atom. The summed E-state index contributed by atoms with van der Waals surface area (Å²) in [5, 5.41) is 0. The van der Waals surface area contributed by atoms with E-state index in [9.17, 15) is 0 Å². The van der Waals surface area contributed by atoms with Gasteiger partial charge in [0, 0.05) is 116 Å². The molecule has 0 saturated heterocycles. The Bertz CT molecular complexity index is 4970. The third kappa shape index (κ3) is 15.4. The molecule has 4 aromatic carbocycles. The van der Waals surface area contributed by atoms with Gasteiger partial charge in [0.1, 0.15) is 56.4 Å². The van der Waals surface area contributed by atoms with Crippen molar-refractivity contribution in [1.29, 1.82) is 0 Å². The fraction of sp³-hybridized carbons (Fsp3) is 0.289. The molecule has 0 aliphatic rings. The Morgan fingerprint density at radius 1 is 0.184 bits per heavy atom. The molecule has 0 N–H and O–H groups in total. The van der Waals surface area contributed by atoms with Gasteiger partial charge in [-0.1, -0.05) is 59.2 Å². The molecule has 0 spiro atoms. The summed E-state index contributed by atoms with van der Waals surface area (Å²) in [7, 11) is 17.1. The third-order valence-corrected chi connectivity index (χ3v) is 20.0. The van der Waals surface area contributed by atoms with E-state index in [4.69, 9.17) is 0 Å². The molecule has 0 aliphatic carbocycles. The zero-order valence-corrected chi connectivity index (χ0v) is 63.9. The molecule has 0 unspecified atom stereocenters. The lowest BCUT2D eigenvalue weighted by Crippen LogP contribution is -2.41. The Labute approximate surface area is 587 Å². The molecule has 0 bridgehead atoms. The van der Waals surface area contributed by atoms with E-state index in [1.165, 1.54) is 191 Å². The maximum absolute atomic E-state index is 2.37. The number of pyridine rings is 8. The second kappa shape index (κ2) is 30.2. The van der Waals surface area contributed by atoms with E-state index < -0.39 is 0 Å². The van der Waals surface area contributed by atoms with Crippen LogP contribution >= 0.6 is 0 Å². The molecule has 0 amide bonds. The van der Waals surface area contributed by atoms with Gasteiger partial charge in [-0.25, -0.2) is 0 Å². The van der Waals surface area contributed by atoms with Crippen LogP contribution in [0.5, 0.6) is 0 Å². The van der Waals surface area contributed by atoms with Gasteiger partial charge in [-0.05, 0) is 230 Å². The molecule has 500 valence electrons. The Hall–Kier alpha value is -9.92. The third-order valence-electron chi connectivity index (χ3n) is 20.0. The topological polar surface area (TPSA) is 31.0 Å². The van der Waals surface area contributed by atoms with E-state index in [0.29, 0.717) is 0 Å². The predicted molar refractivity (Wildman–Crippen MR) is 404 cm³/mol. The van der Waals surface area contributed by atoms with Crippen LogP contribution in [0.2, 0.25) is 0 Å². The highest BCUT2D eigenvalue weighted by Gasteiger charge is 2.32. The first kappa shape index (κ1) is 72.4. The van der Waals surface area contributed by atoms with Crippen LogP contribution in [-0.4, -0.2) is 0 Å². The van der Waals surface area contributed by atoms with E-state index in [-0.39, 0.29) is 0 Å². The minimum Gasteiger partial charge on any atom is -0.196 e. The normalized spacial score (nSPS) is 11.0. The van der Waals surface area contributed by atoms with E-state index in [1.807, 2.05) is 0 Å². The standard InChI is InChI=1S/C24H30N2.C23H28N2.C22H26N2.C21H24N2/c1-15-9-10-21(17(3)11-15)23-18(4)12-19(5)24(26(23)8)22-13-16(2)20(6)14-25(22)7;1-15-8-10-20(17(3)12-15)22-18(4)13-19(5)23(25(22)7)21-11-9-16(2)14-24(21)6;1-15-10-11-19(17(3)12-15)20-8-7-9-21(24(20)6)22-13-16(2)18(4)14-23(22)5;1-15-13-17(3)18(14-16(15)2)19-10-8-11-21(23(19)5)20-9-6-7-12-22(20)4/h9-14H,1-8H3;8-14H,1-7H3;7-14H,1-6H3;6-14H,1-5H3/q4*+2. The first-order chi connectivity index (χ1) is 46.4. The van der Waals surface area contributed by atoms with Crippen molar-refractivity contribution in [3.63, 3.8) is 0 Å². The van der Waals surface area contributed by atoms with Crippen LogP contribution in [0.1, 0.15) is 100 Å². The van der Waals surface area contributed by atoms with Crippen molar-refractivity contribution in [3.05, 3.63) is 283 Å². The molecule has 8 nitrogen and oxygen atoms in total. The molecule has 0 fully saturated rings. The molecule has 98 heavy (non-hydrogen) atoms. The summed E-state index contributed by atoms with van der Waals surface area (Å²) in [6.45, 7) is 39.2. The van der Waals surface area contributed by atoms with Gasteiger partial charge in [-0.2, -0.15) is 36.5 Å². The van der Waals surface area contributed by atoms with Gasteiger partial charge in [0.15, 0.2) is 24.8 Å². The smallest absolute Gasteiger partial charge is 0.196 e. The molecule has 12 aromatic rings. The van der Waals surface area contributed by atoms with Crippen molar-refractivity contribution < 1.29 is 36.5 Å². The van der Waals surface area contributed by atoms with Crippen molar-refractivity contribution in [2.24, 2.45) is 56.4 Å². The van der Waals surface area contributed by atoms with Crippen LogP contribution < -0.4 is 36.5 Å². The number of aryl methyl sites for hydroxylation is 22. The number of benzene rings is 4. The van der Waals surface area contributed by atoms with Gasteiger partial charge in [-0.3, -0.25) is 0 Å². The van der Waals surface area contributed by atoms with Crippen LogP contribution in [0.25, 0.3) is 90.6 Å². The van der Waals surface area contributed by atoms with Gasteiger partial charge in [0.05, 0.1) is 0 Å². The Balaban J connectivity index is 0.000000153. The molecular formula is C90H108N8+8. The van der Waals surface area contributed by atoms with Crippen molar-refractivity contribution in [2.45, 2.75) is 125 Å². The Kier molecular flexibility index (Phi) is 22.3. The highest BCUT2D eigenvalue weighted by atomic mass is 15.0. The van der Waals surface area contributed by atoms with Crippen LogP contribution in [0, 0.1) is 125 Å². The summed E-state index contributed by atoms with van der Waals surface area (Å²) in [6, 6.07) is 57.7. The van der Waals surface area contributed by atoms with E-state index in [0.717, 1.165) is 0 Å². The first-order valence-corrected chi connectivity index (χ1v) is 34.5. The summed E-state index contributed by atoms with van der Waals surface area (Å²) >= 11 is 0. The van der Waals surface area contributed by atoms with Gasteiger partial charge in [0.2, 0.25) is 22.8 Å². The highest BCUT2D eigenvalue weighted by Crippen LogP contribution is 2.32. The fourth-order valence-electron chi connectivity index (χ4n) is 14.5. The largest absolute Gasteiger partial charge is 0.280 e. The molecular weight excluding hydrogens is 1190 g/mol. The fourth-order valence-corrected chi connectivity index (χ4v) is 14.5. The zero-order valence-electron chi connectivity index (χ0n) is 63.9. The summed E-state index contributed by atoms with van der Waals surface area (Å²) in [5.74, 6) is 0. The SMILES string of the molecule is Cc1cc(C)c(-c2cccc(-c3cccc[n+]3C)[n+]2C)cc1C.Cc1ccc(-c2c(C)cc(C)c(-c3cc(C)c(C)c[n+]3C)[n+]2C)c(C)c1.Cc1ccc(-c2c(C)cc(C)c(-c3ccc(C)c[n+]3C)[n+]2C)c(C)c1.Cc1ccc(-c2cccc(-c3cc(C)c(C)c[n+]3C)[n+]2C)c(C)c1. The molecule has 0 aliphatic heterocycles. The van der Waals surface area contributed by atoms with Crippen LogP contribution in [-0.2, 0) is 56.4 Å². The van der Waals surface area contributed by atoms with Crippen LogP contribution in [0.15, 0.2) is 183 Å². The highest BCUT2D eigenvalue weighted by molar-refractivity contribution is 5.70. The summed E-state index contributed by atoms with van der Waals surface area (Å²) in [6.07, 6.45) is 8.70.